The van der Waals surface area contributed by atoms with Gasteiger partial charge in [0.05, 0.1) is 16.0 Å². The molecule has 0 amide bonds. The Kier molecular flexibility index (Phi) is 2.24. The van der Waals surface area contributed by atoms with Crippen molar-refractivity contribution in [3.8, 4) is 0 Å². The number of imidazole rings is 1. The van der Waals surface area contributed by atoms with E-state index in [1.54, 1.807) is 0 Å². The van der Waals surface area contributed by atoms with E-state index < -0.39 is 22.1 Å². The Morgan fingerprint density at radius 2 is 2.25 bits per heavy atom. The second-order valence-electron chi connectivity index (χ2n) is 2.98. The molecule has 0 aliphatic heterocycles. The molecule has 0 saturated heterocycles. The van der Waals surface area contributed by atoms with Crippen molar-refractivity contribution in [1.82, 2.24) is 9.97 Å². The molecular weight excluding hydrogens is 238 g/mol. The van der Waals surface area contributed by atoms with Crippen molar-refractivity contribution in [3.05, 3.63) is 33.1 Å². The lowest BCUT2D eigenvalue weighted by molar-refractivity contribution is -0.385. The molecule has 7 nitrogen and oxygen atoms in total. The average Bonchev–Trinajstić information content (AvgIpc) is 2.54. The van der Waals surface area contributed by atoms with Crippen LogP contribution in [0.25, 0.3) is 11.0 Å². The first-order valence-electron chi connectivity index (χ1n) is 4.06. The van der Waals surface area contributed by atoms with Crippen molar-refractivity contribution >= 4 is 34.3 Å². The fourth-order valence-corrected chi connectivity index (χ4v) is 1.53. The number of halogens is 1. The highest BCUT2D eigenvalue weighted by Gasteiger charge is 2.21. The summed E-state index contributed by atoms with van der Waals surface area (Å²) in [5.41, 5.74) is -0.323. The highest BCUT2D eigenvalue weighted by atomic mass is 35.5. The van der Waals surface area contributed by atoms with E-state index in [9.17, 15) is 14.9 Å². The smallest absolute Gasteiger partial charge is 0.342 e. The summed E-state index contributed by atoms with van der Waals surface area (Å²) in [6, 6.07) is 2.20. The summed E-state index contributed by atoms with van der Waals surface area (Å²) in [5.74, 6) is -1.38. The number of H-pyrrole nitrogens is 1. The van der Waals surface area contributed by atoms with Gasteiger partial charge in [0.25, 0.3) is 5.69 Å². The number of hydrogen-bond acceptors (Lipinski definition) is 4. The van der Waals surface area contributed by atoms with Gasteiger partial charge in [0.15, 0.2) is 0 Å². The highest BCUT2D eigenvalue weighted by Crippen LogP contribution is 2.25. The van der Waals surface area contributed by atoms with E-state index in [2.05, 4.69) is 9.97 Å². The van der Waals surface area contributed by atoms with E-state index in [1.807, 2.05) is 0 Å². The van der Waals surface area contributed by atoms with Crippen LogP contribution in [0.3, 0.4) is 0 Å². The van der Waals surface area contributed by atoms with Gasteiger partial charge in [-0.25, -0.2) is 9.78 Å². The molecule has 0 spiro atoms. The van der Waals surface area contributed by atoms with E-state index in [1.165, 1.54) is 0 Å². The molecule has 8 heteroatoms. The van der Waals surface area contributed by atoms with Crippen molar-refractivity contribution in [2.75, 3.05) is 0 Å². The van der Waals surface area contributed by atoms with Gasteiger partial charge in [-0.15, -0.1) is 0 Å². The molecule has 1 aromatic carbocycles. The van der Waals surface area contributed by atoms with Gasteiger partial charge in [-0.3, -0.25) is 10.1 Å². The predicted octanol–water partition coefficient (Wildman–Crippen LogP) is 1.82. The predicted molar refractivity (Wildman–Crippen MR) is 54.7 cm³/mol. The van der Waals surface area contributed by atoms with E-state index in [0.29, 0.717) is 5.52 Å². The minimum atomic E-state index is -1.38. The number of nitrogens with one attached hydrogen (secondary N) is 1. The van der Waals surface area contributed by atoms with Crippen LogP contribution in [0.15, 0.2) is 12.1 Å². The Labute approximate surface area is 92.8 Å². The number of nitrogens with zero attached hydrogens (tertiary/aromatic N) is 2. The topological polar surface area (TPSA) is 109 Å². The van der Waals surface area contributed by atoms with Crippen LogP contribution >= 0.6 is 11.6 Å². The molecule has 0 unspecified atom stereocenters. The maximum Gasteiger partial charge on any atom is 0.342 e. The second kappa shape index (κ2) is 3.46. The first-order chi connectivity index (χ1) is 7.49. The van der Waals surface area contributed by atoms with Crippen LogP contribution in [-0.2, 0) is 0 Å². The van der Waals surface area contributed by atoms with Gasteiger partial charge >= 0.3 is 5.97 Å². The molecule has 0 aliphatic carbocycles. The molecule has 2 N–H and O–H groups in total. The molecule has 0 atom stereocenters. The maximum atomic E-state index is 10.8. The summed E-state index contributed by atoms with van der Waals surface area (Å²) >= 11 is 5.56. The number of nitro benzene ring substituents is 1. The molecule has 1 heterocycles. The largest absolute Gasteiger partial charge is 0.477 e. The number of carboxylic acids is 1. The van der Waals surface area contributed by atoms with E-state index >= 15 is 0 Å². The third-order valence-corrected chi connectivity index (χ3v) is 2.18. The number of aromatic nitrogens is 2. The Morgan fingerprint density at radius 3 is 2.81 bits per heavy atom. The zero-order valence-corrected chi connectivity index (χ0v) is 8.35. The lowest BCUT2D eigenvalue weighted by Gasteiger charge is -1.97. The molecule has 2 rings (SSSR count). The van der Waals surface area contributed by atoms with Crippen molar-refractivity contribution in [2.45, 2.75) is 0 Å². The Bertz CT molecular complexity index is 556. The molecule has 0 aliphatic rings. The third kappa shape index (κ3) is 1.57. The van der Waals surface area contributed by atoms with Crippen LogP contribution in [0.5, 0.6) is 0 Å². The van der Waals surface area contributed by atoms with Crippen molar-refractivity contribution in [1.29, 1.82) is 0 Å². The van der Waals surface area contributed by atoms with Gasteiger partial charge in [-0.2, -0.15) is 0 Å². The summed E-state index contributed by atoms with van der Waals surface area (Å²) in [7, 11) is 0. The quantitative estimate of drug-likeness (QED) is 0.616. The van der Waals surface area contributed by atoms with Crippen molar-refractivity contribution in [2.24, 2.45) is 0 Å². The number of benzene rings is 1. The molecule has 16 heavy (non-hydrogen) atoms. The van der Waals surface area contributed by atoms with E-state index in [0.717, 1.165) is 12.1 Å². The molecule has 0 saturated carbocycles. The number of carboxylic acid groups (broad SMARTS) is 1. The van der Waals surface area contributed by atoms with E-state index in [4.69, 9.17) is 16.7 Å². The fraction of sp³-hybridized carbons (Fsp3) is 0. The normalized spacial score (nSPS) is 10.6. The lowest BCUT2D eigenvalue weighted by Crippen LogP contribution is -2.02. The van der Waals surface area contributed by atoms with Crippen molar-refractivity contribution in [3.63, 3.8) is 0 Å². The maximum absolute atomic E-state index is 10.8. The molecule has 0 bridgehead atoms. The van der Waals surface area contributed by atoms with Crippen LogP contribution in [0.2, 0.25) is 5.28 Å². The van der Waals surface area contributed by atoms with Crippen molar-refractivity contribution < 1.29 is 14.8 Å². The molecule has 2 aromatic rings. The summed E-state index contributed by atoms with van der Waals surface area (Å²) < 4.78 is 0. The minimum Gasteiger partial charge on any atom is -0.477 e. The Balaban J connectivity index is 2.80. The van der Waals surface area contributed by atoms with Crippen LogP contribution in [-0.4, -0.2) is 26.0 Å². The zero-order valence-electron chi connectivity index (χ0n) is 7.60. The Hall–Kier alpha value is -2.15. The minimum absolute atomic E-state index is 0.0480. The van der Waals surface area contributed by atoms with Crippen LogP contribution in [0.1, 0.15) is 10.4 Å². The number of aromatic carboxylic acids is 1. The molecule has 82 valence electrons. The number of nitro groups is 1. The number of fused-ring (bicyclic) bond motifs is 1. The standard InChI is InChI=1S/C8H4ClN3O4/c9-8-10-4-1-3(7(13)14)6(12(15)16)2-5(4)11-8/h1-2H,(H,10,11)(H,13,14). The number of hydrogen-bond donors (Lipinski definition) is 2. The highest BCUT2D eigenvalue weighted by molar-refractivity contribution is 6.29. The Morgan fingerprint density at radius 1 is 1.56 bits per heavy atom. The molecular formula is C8H4ClN3O4. The number of aromatic amines is 1. The van der Waals surface area contributed by atoms with Gasteiger partial charge < -0.3 is 10.1 Å². The SMILES string of the molecule is O=C(O)c1cc2nc(Cl)[nH]c2cc1[N+](=O)[O-]. The van der Waals surface area contributed by atoms with Gasteiger partial charge in [0.1, 0.15) is 5.56 Å². The van der Waals surface area contributed by atoms with Gasteiger partial charge in [0, 0.05) is 6.07 Å². The first-order valence-corrected chi connectivity index (χ1v) is 4.44. The third-order valence-electron chi connectivity index (χ3n) is 2.00. The summed E-state index contributed by atoms with van der Waals surface area (Å²) in [6.07, 6.45) is 0. The molecule has 0 fully saturated rings. The summed E-state index contributed by atoms with van der Waals surface area (Å²) in [6.45, 7) is 0. The van der Waals surface area contributed by atoms with Gasteiger partial charge in [-0.1, -0.05) is 0 Å². The van der Waals surface area contributed by atoms with Crippen LogP contribution in [0.4, 0.5) is 5.69 Å². The molecule has 0 radical (unpaired) electrons. The summed E-state index contributed by atoms with van der Waals surface area (Å²) in [4.78, 5) is 27.0. The fourth-order valence-electron chi connectivity index (χ4n) is 1.34. The van der Waals surface area contributed by atoms with Gasteiger partial charge in [0.2, 0.25) is 5.28 Å². The molecule has 1 aromatic heterocycles. The average molecular weight is 242 g/mol. The summed E-state index contributed by atoms with van der Waals surface area (Å²) in [5, 5.41) is 19.5. The van der Waals surface area contributed by atoms with Crippen LogP contribution < -0.4 is 0 Å². The monoisotopic (exact) mass is 241 g/mol. The second-order valence-corrected chi connectivity index (χ2v) is 3.33. The van der Waals surface area contributed by atoms with Gasteiger partial charge in [-0.05, 0) is 17.7 Å². The number of rotatable bonds is 2. The lowest BCUT2D eigenvalue weighted by atomic mass is 10.1. The zero-order chi connectivity index (χ0) is 11.9. The number of carbonyl (C=O) groups is 1. The first kappa shape index (κ1) is 10.4. The van der Waals surface area contributed by atoms with Crippen LogP contribution in [0, 0.1) is 10.1 Å². The van der Waals surface area contributed by atoms with E-state index in [-0.39, 0.29) is 10.8 Å².